The summed E-state index contributed by atoms with van der Waals surface area (Å²) in [5.41, 5.74) is 7.02. The molecule has 2 aliphatic rings. The minimum Gasteiger partial charge on any atom is -0.322 e. The van der Waals surface area contributed by atoms with E-state index in [1.807, 2.05) is 0 Å². The number of rotatable bonds is 3. The lowest BCUT2D eigenvalue weighted by atomic mass is 9.68. The first-order valence-electron chi connectivity index (χ1n) is 7.79. The largest absolute Gasteiger partial charge is 0.322 e. The van der Waals surface area contributed by atoms with Crippen LogP contribution in [-0.4, -0.2) is 24.5 Å². The Morgan fingerprint density at radius 2 is 1.89 bits per heavy atom. The fourth-order valence-corrected chi connectivity index (χ4v) is 4.60. The topological polar surface area (TPSA) is 29.3 Å². The maximum Gasteiger partial charge on any atom is 0.0519 e. The highest BCUT2D eigenvalue weighted by molar-refractivity contribution is 7.10. The van der Waals surface area contributed by atoms with Gasteiger partial charge in [-0.1, -0.05) is 25.3 Å². The van der Waals surface area contributed by atoms with Crippen molar-refractivity contribution in [2.45, 2.75) is 51.0 Å². The van der Waals surface area contributed by atoms with E-state index in [1.165, 1.54) is 62.9 Å². The lowest BCUT2D eigenvalue weighted by Crippen LogP contribution is -2.43. The van der Waals surface area contributed by atoms with Crippen LogP contribution in [0.25, 0.3) is 0 Å². The van der Waals surface area contributed by atoms with E-state index in [2.05, 4.69) is 22.4 Å². The smallest absolute Gasteiger partial charge is 0.0519 e. The normalized spacial score (nSPS) is 25.5. The third kappa shape index (κ3) is 3.21. The highest BCUT2D eigenvalue weighted by Crippen LogP contribution is 2.44. The number of piperidine rings is 1. The van der Waals surface area contributed by atoms with Gasteiger partial charge in [0, 0.05) is 11.4 Å². The summed E-state index contributed by atoms with van der Waals surface area (Å²) in [6.07, 6.45) is 10.2. The molecule has 0 aromatic carbocycles. The van der Waals surface area contributed by atoms with Gasteiger partial charge in [-0.2, -0.15) is 0 Å². The molecule has 1 unspecified atom stereocenters. The van der Waals surface area contributed by atoms with Crippen molar-refractivity contribution in [2.75, 3.05) is 19.6 Å². The highest BCUT2D eigenvalue weighted by atomic mass is 32.1. The molecule has 2 N–H and O–H groups in total. The Morgan fingerprint density at radius 3 is 2.53 bits per heavy atom. The SMILES string of the molecule is NC(CN1CCC2(CCCCC2)CC1)c1cccs1. The van der Waals surface area contributed by atoms with E-state index in [0.29, 0.717) is 5.41 Å². The fourth-order valence-electron chi connectivity index (χ4n) is 3.88. The third-order valence-corrected chi connectivity index (χ3v) is 6.20. The molecular weight excluding hydrogens is 252 g/mol. The van der Waals surface area contributed by atoms with E-state index >= 15 is 0 Å². The zero-order valence-corrected chi connectivity index (χ0v) is 12.6. The summed E-state index contributed by atoms with van der Waals surface area (Å²) < 4.78 is 0. The Hall–Kier alpha value is -0.380. The summed E-state index contributed by atoms with van der Waals surface area (Å²) in [5.74, 6) is 0. The van der Waals surface area contributed by atoms with Crippen molar-refractivity contribution in [3.05, 3.63) is 22.4 Å². The lowest BCUT2D eigenvalue weighted by molar-refractivity contribution is 0.0650. The van der Waals surface area contributed by atoms with Gasteiger partial charge in [0.25, 0.3) is 0 Å². The van der Waals surface area contributed by atoms with Crippen LogP contribution in [0.3, 0.4) is 0 Å². The molecule has 3 heteroatoms. The molecule has 106 valence electrons. The standard InChI is InChI=1S/C16H26N2S/c17-14(15-5-4-12-19-15)13-18-10-8-16(9-11-18)6-2-1-3-7-16/h4-5,12,14H,1-3,6-11,13,17H2. The average Bonchev–Trinajstić information content (AvgIpc) is 2.97. The molecule has 1 saturated carbocycles. The summed E-state index contributed by atoms with van der Waals surface area (Å²) in [4.78, 5) is 3.92. The molecular formula is C16H26N2S. The predicted octanol–water partition coefficient (Wildman–Crippen LogP) is 3.79. The molecule has 0 amide bonds. The van der Waals surface area contributed by atoms with Gasteiger partial charge >= 0.3 is 0 Å². The Bertz CT molecular complexity index is 371. The first-order chi connectivity index (χ1) is 9.27. The van der Waals surface area contributed by atoms with Crippen LogP contribution in [0, 0.1) is 5.41 Å². The van der Waals surface area contributed by atoms with Gasteiger partial charge in [0.15, 0.2) is 0 Å². The molecule has 2 heterocycles. The Kier molecular flexibility index (Phi) is 4.25. The van der Waals surface area contributed by atoms with Gasteiger partial charge in [-0.05, 0) is 55.6 Å². The van der Waals surface area contributed by atoms with Crippen LogP contribution < -0.4 is 5.73 Å². The van der Waals surface area contributed by atoms with Gasteiger partial charge in [0.05, 0.1) is 6.04 Å². The zero-order chi connectivity index (χ0) is 13.1. The van der Waals surface area contributed by atoms with E-state index in [-0.39, 0.29) is 6.04 Å². The maximum atomic E-state index is 6.31. The van der Waals surface area contributed by atoms with Crippen molar-refractivity contribution in [3.63, 3.8) is 0 Å². The van der Waals surface area contributed by atoms with Gasteiger partial charge in [0.2, 0.25) is 0 Å². The number of thiophene rings is 1. The predicted molar refractivity (Wildman–Crippen MR) is 82.4 cm³/mol. The molecule has 0 bridgehead atoms. The Morgan fingerprint density at radius 1 is 1.16 bits per heavy atom. The van der Waals surface area contributed by atoms with Crippen LogP contribution in [0.2, 0.25) is 0 Å². The molecule has 19 heavy (non-hydrogen) atoms. The van der Waals surface area contributed by atoms with Crippen molar-refractivity contribution in [1.82, 2.24) is 4.90 Å². The van der Waals surface area contributed by atoms with Gasteiger partial charge in [-0.25, -0.2) is 0 Å². The van der Waals surface area contributed by atoms with Gasteiger partial charge < -0.3 is 10.6 Å². The minimum atomic E-state index is 0.209. The minimum absolute atomic E-state index is 0.209. The van der Waals surface area contributed by atoms with Crippen molar-refractivity contribution < 1.29 is 0 Å². The van der Waals surface area contributed by atoms with Gasteiger partial charge in [0.1, 0.15) is 0 Å². The Labute approximate surface area is 121 Å². The average molecular weight is 278 g/mol. The molecule has 0 radical (unpaired) electrons. The summed E-state index contributed by atoms with van der Waals surface area (Å²) in [6.45, 7) is 3.56. The first-order valence-corrected chi connectivity index (χ1v) is 8.67. The molecule has 1 spiro atoms. The van der Waals surface area contributed by atoms with E-state index in [4.69, 9.17) is 5.73 Å². The quantitative estimate of drug-likeness (QED) is 0.911. The molecule has 1 saturated heterocycles. The second kappa shape index (κ2) is 5.94. The third-order valence-electron chi connectivity index (χ3n) is 5.19. The number of nitrogens with two attached hydrogens (primary N) is 1. The van der Waals surface area contributed by atoms with Crippen LogP contribution in [0.15, 0.2) is 17.5 Å². The summed E-state index contributed by atoms with van der Waals surface area (Å²) >= 11 is 1.79. The molecule has 2 nitrogen and oxygen atoms in total. The van der Waals surface area contributed by atoms with Crippen LogP contribution >= 0.6 is 11.3 Å². The van der Waals surface area contributed by atoms with Crippen molar-refractivity contribution >= 4 is 11.3 Å². The van der Waals surface area contributed by atoms with Crippen molar-refractivity contribution in [2.24, 2.45) is 11.1 Å². The maximum absolute atomic E-state index is 6.31. The summed E-state index contributed by atoms with van der Waals surface area (Å²) in [5, 5.41) is 2.13. The van der Waals surface area contributed by atoms with Crippen LogP contribution in [0.1, 0.15) is 55.9 Å². The highest BCUT2D eigenvalue weighted by Gasteiger charge is 2.35. The summed E-state index contributed by atoms with van der Waals surface area (Å²) in [6, 6.07) is 4.48. The number of nitrogens with zero attached hydrogens (tertiary/aromatic N) is 1. The first kappa shape index (κ1) is 13.6. The summed E-state index contributed by atoms with van der Waals surface area (Å²) in [7, 11) is 0. The molecule has 1 atom stereocenters. The van der Waals surface area contributed by atoms with E-state index in [1.54, 1.807) is 11.3 Å². The molecule has 3 rings (SSSR count). The van der Waals surface area contributed by atoms with Crippen LogP contribution in [0.4, 0.5) is 0 Å². The van der Waals surface area contributed by atoms with E-state index in [9.17, 15) is 0 Å². The zero-order valence-electron chi connectivity index (χ0n) is 11.8. The molecule has 1 aliphatic heterocycles. The second-order valence-electron chi connectivity index (χ2n) is 6.48. The van der Waals surface area contributed by atoms with Gasteiger partial charge in [-0.3, -0.25) is 0 Å². The molecule has 1 aromatic heterocycles. The van der Waals surface area contributed by atoms with Crippen LogP contribution in [-0.2, 0) is 0 Å². The van der Waals surface area contributed by atoms with E-state index in [0.717, 1.165) is 6.54 Å². The van der Waals surface area contributed by atoms with Crippen molar-refractivity contribution in [3.8, 4) is 0 Å². The number of likely N-dealkylation sites (tertiary alicyclic amines) is 1. The Balaban J connectivity index is 1.50. The monoisotopic (exact) mass is 278 g/mol. The molecule has 1 aromatic rings. The molecule has 1 aliphatic carbocycles. The van der Waals surface area contributed by atoms with Crippen LogP contribution in [0.5, 0.6) is 0 Å². The van der Waals surface area contributed by atoms with Gasteiger partial charge in [-0.15, -0.1) is 11.3 Å². The van der Waals surface area contributed by atoms with E-state index < -0.39 is 0 Å². The second-order valence-corrected chi connectivity index (χ2v) is 7.46. The molecule has 2 fully saturated rings. The van der Waals surface area contributed by atoms with Crippen molar-refractivity contribution in [1.29, 1.82) is 0 Å². The fraction of sp³-hybridized carbons (Fsp3) is 0.750. The lowest BCUT2D eigenvalue weighted by Gasteiger charge is -2.44. The number of hydrogen-bond acceptors (Lipinski definition) is 3. The number of hydrogen-bond donors (Lipinski definition) is 1.